The largest absolute Gasteiger partial charge is 0.461 e. The second-order valence-corrected chi connectivity index (χ2v) is 12.9. The van der Waals surface area contributed by atoms with Gasteiger partial charge in [0.05, 0.1) is 23.5 Å². The Bertz CT molecular complexity index is 1530. The maximum atomic E-state index is 14.4. The number of rotatable bonds is 5. The molecule has 0 radical (unpaired) electrons. The van der Waals surface area contributed by atoms with E-state index in [-0.39, 0.29) is 23.5 Å². The first-order chi connectivity index (χ1) is 20.0. The smallest absolute Gasteiger partial charge is 0.319 e. The van der Waals surface area contributed by atoms with E-state index in [1.165, 1.54) is 29.5 Å². The van der Waals surface area contributed by atoms with Gasteiger partial charge < -0.3 is 14.4 Å². The number of hydrogen-bond acceptors (Lipinski definition) is 7. The summed E-state index contributed by atoms with van der Waals surface area (Å²) < 4.78 is 26.2. The van der Waals surface area contributed by atoms with Gasteiger partial charge in [0.1, 0.15) is 24.7 Å². The lowest BCUT2D eigenvalue weighted by Gasteiger charge is -2.44. The third-order valence-electron chi connectivity index (χ3n) is 10.4. The first kappa shape index (κ1) is 25.5. The van der Waals surface area contributed by atoms with Crippen LogP contribution < -0.4 is 9.64 Å². The quantitative estimate of drug-likeness (QED) is 0.388. The topological polar surface area (TPSA) is 67.8 Å². The van der Waals surface area contributed by atoms with Crippen molar-refractivity contribution >= 4 is 22.7 Å². The van der Waals surface area contributed by atoms with E-state index in [1.807, 2.05) is 0 Å². The fourth-order valence-electron chi connectivity index (χ4n) is 8.28. The summed E-state index contributed by atoms with van der Waals surface area (Å²) in [6, 6.07) is 13.5. The number of benzene rings is 2. The highest BCUT2D eigenvalue weighted by Gasteiger charge is 2.50. The Balaban J connectivity index is 1.18. The average Bonchev–Trinajstić information content (AvgIpc) is 3.50. The predicted octanol–water partition coefficient (Wildman–Crippen LogP) is 5.44. The number of ether oxygens (including phenoxy) is 2. The molecule has 0 saturated carbocycles. The van der Waals surface area contributed by atoms with Crippen LogP contribution in [0.1, 0.15) is 62.5 Å². The lowest BCUT2D eigenvalue weighted by molar-refractivity contribution is -0.185. The number of carbonyl (C=O) groups is 1. The molecule has 1 aromatic heterocycles. The van der Waals surface area contributed by atoms with E-state index in [4.69, 9.17) is 19.4 Å². The van der Waals surface area contributed by atoms with E-state index in [9.17, 15) is 9.18 Å². The number of nitrogens with zero attached hydrogens (tertiary/aromatic N) is 4. The summed E-state index contributed by atoms with van der Waals surface area (Å²) in [7, 11) is 0. The van der Waals surface area contributed by atoms with E-state index < -0.39 is 6.17 Å². The summed E-state index contributed by atoms with van der Waals surface area (Å²) in [6.07, 6.45) is 5.96. The van der Waals surface area contributed by atoms with Gasteiger partial charge in [0.2, 0.25) is 0 Å². The Morgan fingerprint density at radius 1 is 1.12 bits per heavy atom. The number of piperidine rings is 1. The van der Waals surface area contributed by atoms with Crippen LogP contribution in [-0.4, -0.2) is 71.4 Å². The normalized spacial score (nSPS) is 30.9. The number of esters is 1. The number of fused-ring (bicyclic) bond motifs is 4. The zero-order chi connectivity index (χ0) is 27.7. The van der Waals surface area contributed by atoms with Gasteiger partial charge in [-0.3, -0.25) is 9.69 Å². The van der Waals surface area contributed by atoms with Crippen molar-refractivity contribution in [3.05, 3.63) is 47.5 Å². The van der Waals surface area contributed by atoms with Crippen LogP contribution in [0.25, 0.3) is 22.0 Å². The maximum absolute atomic E-state index is 14.4. The standard InChI is InChI=1S/C33H37FN4O3/c1-20-5-2-6-21-7-3-8-24(29(20)21)22-9-10-25-27(15-22)35-32(40-19-33-12-4-13-38(33)17-23(34)16-33)36-30(25)37-14-11-26-28(18-37)41-31(26)39/h3,7-10,15,20,23,26,28H,2,4-6,11-14,16-19H2,1H3/t20?,23-,26-,28+,33+/m1/s1. The minimum atomic E-state index is -0.805. The van der Waals surface area contributed by atoms with Crippen molar-refractivity contribution < 1.29 is 18.7 Å². The van der Waals surface area contributed by atoms with Gasteiger partial charge in [-0.25, -0.2) is 4.39 Å². The van der Waals surface area contributed by atoms with E-state index in [2.05, 4.69) is 53.1 Å². The number of anilines is 1. The third kappa shape index (κ3) is 4.20. The lowest BCUT2D eigenvalue weighted by Crippen LogP contribution is -2.56. The number of hydrogen-bond donors (Lipinski definition) is 0. The van der Waals surface area contributed by atoms with Crippen LogP contribution in [0.15, 0.2) is 36.4 Å². The van der Waals surface area contributed by atoms with Crippen molar-refractivity contribution in [3.8, 4) is 17.1 Å². The van der Waals surface area contributed by atoms with Gasteiger partial charge in [-0.15, -0.1) is 0 Å². The van der Waals surface area contributed by atoms with Gasteiger partial charge >= 0.3 is 12.0 Å². The molecular weight excluding hydrogens is 519 g/mol. The predicted molar refractivity (Wildman–Crippen MR) is 155 cm³/mol. The summed E-state index contributed by atoms with van der Waals surface area (Å²) in [5, 5.41) is 0.966. The molecule has 5 heterocycles. The zero-order valence-electron chi connectivity index (χ0n) is 23.7. The van der Waals surface area contributed by atoms with E-state index in [0.717, 1.165) is 61.1 Å². The Morgan fingerprint density at radius 3 is 2.93 bits per heavy atom. The number of aryl methyl sites for hydroxylation is 1. The number of aromatic nitrogens is 2. The number of carbonyl (C=O) groups excluding carboxylic acids is 1. The molecule has 1 aliphatic carbocycles. The molecule has 214 valence electrons. The molecule has 0 N–H and O–H groups in total. The SMILES string of the molecule is CC1CCCc2cccc(-c3ccc4c(N5CC[C@H]6C(=O)O[C@H]6C5)nc(OC[C@@]56CCCN5C[C@H](F)C6)nc4c3)c21. The molecule has 5 aliphatic rings. The van der Waals surface area contributed by atoms with Crippen molar-refractivity contribution in [2.45, 2.75) is 75.6 Å². The fourth-order valence-corrected chi connectivity index (χ4v) is 8.28. The Morgan fingerprint density at radius 2 is 2.05 bits per heavy atom. The minimum Gasteiger partial charge on any atom is -0.461 e. The maximum Gasteiger partial charge on any atom is 0.319 e. The molecule has 4 fully saturated rings. The van der Waals surface area contributed by atoms with Gasteiger partial charge in [-0.05, 0) is 85.4 Å². The second kappa shape index (κ2) is 9.65. The van der Waals surface area contributed by atoms with Crippen LogP contribution in [0, 0.1) is 5.92 Å². The van der Waals surface area contributed by atoms with Crippen LogP contribution in [0.4, 0.5) is 10.2 Å². The molecule has 1 unspecified atom stereocenters. The average molecular weight is 557 g/mol. The molecule has 4 aliphatic heterocycles. The Kier molecular flexibility index (Phi) is 5.99. The molecule has 7 nitrogen and oxygen atoms in total. The summed E-state index contributed by atoms with van der Waals surface area (Å²) in [5.74, 6) is 1.25. The first-order valence-corrected chi connectivity index (χ1v) is 15.4. The van der Waals surface area contributed by atoms with Gasteiger partial charge in [0, 0.05) is 24.9 Å². The summed E-state index contributed by atoms with van der Waals surface area (Å²) in [5.41, 5.74) is 5.92. The molecule has 4 saturated heterocycles. The van der Waals surface area contributed by atoms with Crippen molar-refractivity contribution in [1.82, 2.24) is 14.9 Å². The summed E-state index contributed by atoms with van der Waals surface area (Å²) in [6.45, 7) is 5.49. The summed E-state index contributed by atoms with van der Waals surface area (Å²) >= 11 is 0. The molecule has 0 bridgehead atoms. The van der Waals surface area contributed by atoms with Crippen molar-refractivity contribution in [1.29, 1.82) is 0 Å². The van der Waals surface area contributed by atoms with Crippen LogP contribution in [-0.2, 0) is 16.0 Å². The van der Waals surface area contributed by atoms with Gasteiger partial charge in [0.15, 0.2) is 0 Å². The van der Waals surface area contributed by atoms with Gasteiger partial charge in [-0.1, -0.05) is 31.2 Å². The minimum absolute atomic E-state index is 0.00335. The zero-order valence-corrected chi connectivity index (χ0v) is 23.7. The van der Waals surface area contributed by atoms with Crippen molar-refractivity contribution in [2.24, 2.45) is 5.92 Å². The molecule has 0 amide bonds. The molecule has 8 rings (SSSR count). The summed E-state index contributed by atoms with van der Waals surface area (Å²) in [4.78, 5) is 26.2. The lowest BCUT2D eigenvalue weighted by atomic mass is 9.79. The van der Waals surface area contributed by atoms with Crippen LogP contribution >= 0.6 is 0 Å². The molecule has 2 aromatic carbocycles. The second-order valence-electron chi connectivity index (χ2n) is 12.9. The van der Waals surface area contributed by atoms with E-state index in [1.54, 1.807) is 0 Å². The highest BCUT2D eigenvalue weighted by molar-refractivity contribution is 5.93. The Labute approximate surface area is 240 Å². The highest BCUT2D eigenvalue weighted by atomic mass is 19.1. The van der Waals surface area contributed by atoms with Crippen LogP contribution in [0.5, 0.6) is 6.01 Å². The van der Waals surface area contributed by atoms with Gasteiger partial charge in [-0.2, -0.15) is 9.97 Å². The Hall–Kier alpha value is -3.26. The molecule has 41 heavy (non-hydrogen) atoms. The third-order valence-corrected chi connectivity index (χ3v) is 10.4. The monoisotopic (exact) mass is 556 g/mol. The van der Waals surface area contributed by atoms with Gasteiger partial charge in [0.25, 0.3) is 0 Å². The van der Waals surface area contributed by atoms with E-state index >= 15 is 0 Å². The molecule has 0 spiro atoms. The molecule has 8 heteroatoms. The number of alkyl halides is 1. The van der Waals surface area contributed by atoms with Crippen LogP contribution in [0.3, 0.4) is 0 Å². The van der Waals surface area contributed by atoms with E-state index in [0.29, 0.717) is 38.0 Å². The van der Waals surface area contributed by atoms with Crippen molar-refractivity contribution in [2.75, 3.05) is 37.7 Å². The van der Waals surface area contributed by atoms with Crippen molar-refractivity contribution in [3.63, 3.8) is 0 Å². The van der Waals surface area contributed by atoms with Crippen LogP contribution in [0.2, 0.25) is 0 Å². The highest BCUT2D eigenvalue weighted by Crippen LogP contribution is 2.42. The first-order valence-electron chi connectivity index (χ1n) is 15.4. The molecule has 5 atom stereocenters. The molecular formula is C33H37FN4O3. The fraction of sp³-hybridized carbons (Fsp3) is 0.545. The molecule has 3 aromatic rings. The number of halogens is 1.